The molecular formula is C20H17ClF2N4O2. The molecule has 1 unspecified atom stereocenters. The van der Waals surface area contributed by atoms with E-state index in [9.17, 15) is 8.78 Å². The summed E-state index contributed by atoms with van der Waals surface area (Å²) in [5.41, 5.74) is 6.91. The summed E-state index contributed by atoms with van der Waals surface area (Å²) in [5.74, 6) is -0.674. The molecule has 150 valence electrons. The van der Waals surface area contributed by atoms with Crippen molar-refractivity contribution in [2.75, 3.05) is 12.3 Å². The van der Waals surface area contributed by atoms with Crippen molar-refractivity contribution in [3.05, 3.63) is 47.2 Å². The molecule has 0 bridgehead atoms. The van der Waals surface area contributed by atoms with Gasteiger partial charge in [0, 0.05) is 11.1 Å². The molecule has 29 heavy (non-hydrogen) atoms. The Morgan fingerprint density at radius 2 is 1.97 bits per heavy atom. The van der Waals surface area contributed by atoms with Gasteiger partial charge >= 0.3 is 0 Å². The zero-order valence-electron chi connectivity index (χ0n) is 15.6. The van der Waals surface area contributed by atoms with Gasteiger partial charge in [-0.2, -0.15) is 0 Å². The smallest absolute Gasteiger partial charge is 0.225 e. The fraction of sp³-hybridized carbons (Fsp3) is 0.250. The van der Waals surface area contributed by atoms with Gasteiger partial charge in [0.2, 0.25) is 5.90 Å². The highest BCUT2D eigenvalue weighted by Gasteiger charge is 2.24. The predicted molar refractivity (Wildman–Crippen MR) is 107 cm³/mol. The number of anilines is 1. The SMILES string of the molecule is CC1COC([C@H](C)Oc2ccc(-c3ccc(F)c(Cl)c3F)c3ncnc(N)c23)=N1. The Morgan fingerprint density at radius 1 is 1.21 bits per heavy atom. The molecule has 1 aromatic heterocycles. The zero-order valence-corrected chi connectivity index (χ0v) is 16.4. The number of halogens is 3. The number of aromatic nitrogens is 2. The maximum absolute atomic E-state index is 14.6. The maximum atomic E-state index is 14.6. The highest BCUT2D eigenvalue weighted by atomic mass is 35.5. The van der Waals surface area contributed by atoms with E-state index in [-0.39, 0.29) is 17.4 Å². The average molecular weight is 419 g/mol. The van der Waals surface area contributed by atoms with Crippen LogP contribution in [0.2, 0.25) is 5.02 Å². The van der Waals surface area contributed by atoms with Gasteiger partial charge in [0.05, 0.1) is 16.9 Å². The second kappa shape index (κ2) is 7.44. The lowest BCUT2D eigenvalue weighted by Gasteiger charge is -2.18. The summed E-state index contributed by atoms with van der Waals surface area (Å²) in [6, 6.07) is 5.71. The molecule has 6 nitrogen and oxygen atoms in total. The van der Waals surface area contributed by atoms with Crippen molar-refractivity contribution >= 4 is 34.2 Å². The molecule has 0 spiro atoms. The van der Waals surface area contributed by atoms with Gasteiger partial charge in [0.15, 0.2) is 11.9 Å². The van der Waals surface area contributed by atoms with Crippen LogP contribution in [0.25, 0.3) is 22.0 Å². The normalized spacial score (nSPS) is 17.1. The molecular weight excluding hydrogens is 402 g/mol. The Kier molecular flexibility index (Phi) is 4.96. The maximum Gasteiger partial charge on any atom is 0.225 e. The molecule has 0 saturated heterocycles. The minimum absolute atomic E-state index is 0.0646. The summed E-state index contributed by atoms with van der Waals surface area (Å²) in [6.07, 6.45) is 0.800. The number of nitrogens with zero attached hydrogens (tertiary/aromatic N) is 3. The molecule has 4 rings (SSSR count). The second-order valence-electron chi connectivity index (χ2n) is 6.70. The van der Waals surface area contributed by atoms with E-state index in [1.165, 1.54) is 12.4 Å². The first kappa shape index (κ1) is 19.3. The Balaban J connectivity index is 1.83. The monoisotopic (exact) mass is 418 g/mol. The molecule has 1 aliphatic rings. The number of hydrogen-bond acceptors (Lipinski definition) is 6. The Labute approximate surface area is 170 Å². The molecule has 0 fully saturated rings. The van der Waals surface area contributed by atoms with Gasteiger partial charge in [-0.25, -0.2) is 23.7 Å². The standard InChI is InChI=1S/C20H17ClF2N4O2/c1-9-7-28-20(27-9)10(2)29-14-6-4-12(18-15(14)19(24)26-8-25-18)11-3-5-13(22)16(21)17(11)23/h3-6,8-10H,7H2,1-2H3,(H2,24,25,26)/t9?,10-/m0/s1. The van der Waals surface area contributed by atoms with Gasteiger partial charge < -0.3 is 15.2 Å². The number of nitrogens with two attached hydrogens (primary N) is 1. The van der Waals surface area contributed by atoms with Crippen LogP contribution < -0.4 is 10.5 Å². The number of nitrogen functional groups attached to an aromatic ring is 1. The van der Waals surface area contributed by atoms with Crippen molar-refractivity contribution in [3.63, 3.8) is 0 Å². The molecule has 2 aromatic carbocycles. The second-order valence-corrected chi connectivity index (χ2v) is 7.08. The fourth-order valence-electron chi connectivity index (χ4n) is 3.18. The highest BCUT2D eigenvalue weighted by molar-refractivity contribution is 6.31. The first-order valence-electron chi connectivity index (χ1n) is 8.91. The summed E-state index contributed by atoms with van der Waals surface area (Å²) in [4.78, 5) is 12.7. The number of benzene rings is 2. The van der Waals surface area contributed by atoms with Crippen LogP contribution in [0.15, 0.2) is 35.6 Å². The first-order valence-corrected chi connectivity index (χ1v) is 9.28. The lowest BCUT2D eigenvalue weighted by atomic mass is 10.0. The largest absolute Gasteiger partial charge is 0.480 e. The van der Waals surface area contributed by atoms with E-state index in [4.69, 9.17) is 26.8 Å². The van der Waals surface area contributed by atoms with E-state index < -0.39 is 22.8 Å². The van der Waals surface area contributed by atoms with E-state index in [0.717, 1.165) is 6.07 Å². The van der Waals surface area contributed by atoms with Crippen LogP contribution in [0, 0.1) is 11.6 Å². The third-order valence-corrected chi connectivity index (χ3v) is 4.92. The predicted octanol–water partition coefficient (Wildman–Crippen LogP) is 4.40. The lowest BCUT2D eigenvalue weighted by Crippen LogP contribution is -2.24. The van der Waals surface area contributed by atoms with Crippen molar-refractivity contribution in [1.82, 2.24) is 9.97 Å². The highest BCUT2D eigenvalue weighted by Crippen LogP contribution is 2.38. The van der Waals surface area contributed by atoms with Gasteiger partial charge in [-0.1, -0.05) is 11.6 Å². The van der Waals surface area contributed by atoms with Crippen LogP contribution >= 0.6 is 11.6 Å². The zero-order chi connectivity index (χ0) is 20.7. The van der Waals surface area contributed by atoms with E-state index in [1.807, 2.05) is 6.92 Å². The first-order chi connectivity index (χ1) is 13.9. The van der Waals surface area contributed by atoms with Crippen LogP contribution in [0.3, 0.4) is 0 Å². The van der Waals surface area contributed by atoms with Crippen molar-refractivity contribution < 1.29 is 18.3 Å². The van der Waals surface area contributed by atoms with Crippen molar-refractivity contribution in [2.24, 2.45) is 4.99 Å². The summed E-state index contributed by atoms with van der Waals surface area (Å²) < 4.78 is 39.7. The number of fused-ring (bicyclic) bond motifs is 1. The Morgan fingerprint density at radius 3 is 2.69 bits per heavy atom. The molecule has 1 aliphatic heterocycles. The summed E-state index contributed by atoms with van der Waals surface area (Å²) in [5, 5.41) is -0.180. The molecule has 2 atom stereocenters. The van der Waals surface area contributed by atoms with E-state index in [1.54, 1.807) is 19.1 Å². The van der Waals surface area contributed by atoms with Crippen molar-refractivity contribution in [2.45, 2.75) is 26.0 Å². The van der Waals surface area contributed by atoms with Crippen molar-refractivity contribution in [1.29, 1.82) is 0 Å². The lowest BCUT2D eigenvalue weighted by molar-refractivity contribution is 0.232. The van der Waals surface area contributed by atoms with Crippen LogP contribution in [0.5, 0.6) is 5.75 Å². The number of aliphatic imine (C=N–C) groups is 1. The van der Waals surface area contributed by atoms with E-state index in [2.05, 4.69) is 15.0 Å². The minimum Gasteiger partial charge on any atom is -0.480 e. The Bertz CT molecular complexity index is 1140. The van der Waals surface area contributed by atoms with Gasteiger partial charge in [0.1, 0.15) is 35.3 Å². The minimum atomic E-state index is -0.880. The van der Waals surface area contributed by atoms with Crippen LogP contribution in [-0.2, 0) is 4.74 Å². The molecule has 0 saturated carbocycles. The van der Waals surface area contributed by atoms with Gasteiger partial charge in [-0.05, 0) is 38.1 Å². The molecule has 3 aromatic rings. The quantitative estimate of drug-likeness (QED) is 0.635. The average Bonchev–Trinajstić information content (AvgIpc) is 3.14. The molecule has 0 radical (unpaired) electrons. The number of rotatable bonds is 4. The summed E-state index contributed by atoms with van der Waals surface area (Å²) >= 11 is 5.74. The molecule has 0 aliphatic carbocycles. The van der Waals surface area contributed by atoms with Gasteiger partial charge in [0.25, 0.3) is 0 Å². The van der Waals surface area contributed by atoms with E-state index in [0.29, 0.717) is 34.7 Å². The van der Waals surface area contributed by atoms with Crippen LogP contribution in [0.1, 0.15) is 13.8 Å². The summed E-state index contributed by atoms with van der Waals surface area (Å²) in [7, 11) is 0. The van der Waals surface area contributed by atoms with Gasteiger partial charge in [-0.15, -0.1) is 0 Å². The van der Waals surface area contributed by atoms with Gasteiger partial charge in [-0.3, -0.25) is 0 Å². The molecule has 9 heteroatoms. The van der Waals surface area contributed by atoms with Crippen molar-refractivity contribution in [3.8, 4) is 16.9 Å². The third-order valence-electron chi connectivity index (χ3n) is 4.58. The fourth-order valence-corrected chi connectivity index (χ4v) is 3.34. The molecule has 2 N–H and O–H groups in total. The third kappa shape index (κ3) is 3.44. The topological polar surface area (TPSA) is 82.6 Å². The number of hydrogen-bond donors (Lipinski definition) is 1. The molecule has 2 heterocycles. The Hall–Kier alpha value is -3.00. The van der Waals surface area contributed by atoms with Crippen LogP contribution in [0.4, 0.5) is 14.6 Å². The summed E-state index contributed by atoms with van der Waals surface area (Å²) in [6.45, 7) is 4.24. The van der Waals surface area contributed by atoms with E-state index >= 15 is 0 Å². The molecule has 0 amide bonds. The number of ether oxygens (including phenoxy) is 2. The van der Waals surface area contributed by atoms with Crippen LogP contribution in [-0.4, -0.2) is 34.6 Å².